The third-order valence-electron chi connectivity index (χ3n) is 1.44. The van der Waals surface area contributed by atoms with Gasteiger partial charge in [-0.15, -0.1) is 0 Å². The molecule has 0 saturated carbocycles. The van der Waals surface area contributed by atoms with Crippen LogP contribution in [0, 0.1) is 17.4 Å². The molecule has 0 unspecified atom stereocenters. The highest BCUT2D eigenvalue weighted by Gasteiger charge is 2.07. The molecule has 0 aromatic heterocycles. The SMILES string of the molecule is C[C@@H]1C=CCN(C#N)C1. The minimum atomic E-state index is 0.540. The molecule has 0 amide bonds. The van der Waals surface area contributed by atoms with E-state index in [9.17, 15) is 0 Å². The molecule has 0 radical (unpaired) electrons. The molecule has 0 aromatic carbocycles. The Kier molecular flexibility index (Phi) is 1.74. The maximum absolute atomic E-state index is 8.45. The lowest BCUT2D eigenvalue weighted by Gasteiger charge is -2.20. The normalized spacial score (nSPS) is 25.8. The average molecular weight is 122 g/mol. The molecule has 0 saturated heterocycles. The van der Waals surface area contributed by atoms with E-state index in [2.05, 4.69) is 19.2 Å². The Hall–Kier alpha value is -0.970. The van der Waals surface area contributed by atoms with Gasteiger partial charge < -0.3 is 4.90 Å². The van der Waals surface area contributed by atoms with Gasteiger partial charge in [0.05, 0.1) is 0 Å². The highest BCUT2D eigenvalue weighted by Crippen LogP contribution is 2.05. The van der Waals surface area contributed by atoms with E-state index in [1.54, 1.807) is 4.90 Å². The first-order valence-electron chi connectivity index (χ1n) is 3.14. The number of rotatable bonds is 0. The molecule has 0 aromatic rings. The van der Waals surface area contributed by atoms with Crippen LogP contribution in [-0.2, 0) is 0 Å². The van der Waals surface area contributed by atoms with Crippen molar-refractivity contribution >= 4 is 0 Å². The van der Waals surface area contributed by atoms with Gasteiger partial charge in [-0.05, 0) is 5.92 Å². The fraction of sp³-hybridized carbons (Fsp3) is 0.571. The minimum absolute atomic E-state index is 0.540. The monoisotopic (exact) mass is 122 g/mol. The summed E-state index contributed by atoms with van der Waals surface area (Å²) in [5.74, 6) is 0.540. The Balaban J connectivity index is 2.50. The fourth-order valence-corrected chi connectivity index (χ4v) is 0.985. The maximum atomic E-state index is 8.45. The summed E-state index contributed by atoms with van der Waals surface area (Å²) in [6.07, 6.45) is 6.30. The van der Waals surface area contributed by atoms with Gasteiger partial charge in [0.1, 0.15) is 0 Å². The van der Waals surface area contributed by atoms with Crippen LogP contribution in [0.1, 0.15) is 6.92 Å². The van der Waals surface area contributed by atoms with Gasteiger partial charge in [0.25, 0.3) is 0 Å². The first-order chi connectivity index (χ1) is 4.33. The van der Waals surface area contributed by atoms with Gasteiger partial charge in [-0.1, -0.05) is 19.1 Å². The second-order valence-electron chi connectivity index (χ2n) is 2.41. The molecule has 0 bridgehead atoms. The second-order valence-corrected chi connectivity index (χ2v) is 2.41. The van der Waals surface area contributed by atoms with Crippen molar-refractivity contribution in [2.24, 2.45) is 5.92 Å². The molecule has 48 valence electrons. The summed E-state index contributed by atoms with van der Waals surface area (Å²) in [4.78, 5) is 1.75. The van der Waals surface area contributed by atoms with Crippen LogP contribution in [0.25, 0.3) is 0 Å². The highest BCUT2D eigenvalue weighted by molar-refractivity contribution is 4.98. The lowest BCUT2D eigenvalue weighted by Crippen LogP contribution is -2.26. The molecule has 2 heteroatoms. The van der Waals surface area contributed by atoms with Crippen molar-refractivity contribution in [1.82, 2.24) is 4.90 Å². The van der Waals surface area contributed by atoms with E-state index in [1.807, 2.05) is 6.08 Å². The molecule has 0 fully saturated rings. The summed E-state index contributed by atoms with van der Waals surface area (Å²) in [5.41, 5.74) is 0. The van der Waals surface area contributed by atoms with Crippen LogP contribution >= 0.6 is 0 Å². The third-order valence-corrected chi connectivity index (χ3v) is 1.44. The highest BCUT2D eigenvalue weighted by atomic mass is 15.1. The molecule has 1 atom stereocenters. The van der Waals surface area contributed by atoms with Crippen LogP contribution in [-0.4, -0.2) is 18.0 Å². The Bertz CT molecular complexity index is 155. The molecule has 1 rings (SSSR count). The predicted molar refractivity (Wildman–Crippen MR) is 35.5 cm³/mol. The van der Waals surface area contributed by atoms with E-state index < -0.39 is 0 Å². The van der Waals surface area contributed by atoms with Gasteiger partial charge in [0.2, 0.25) is 0 Å². The van der Waals surface area contributed by atoms with E-state index in [0.29, 0.717) is 5.92 Å². The zero-order valence-corrected chi connectivity index (χ0v) is 5.54. The van der Waals surface area contributed by atoms with Crippen molar-refractivity contribution in [3.05, 3.63) is 12.2 Å². The average Bonchev–Trinajstić information content (AvgIpc) is 1.88. The van der Waals surface area contributed by atoms with Gasteiger partial charge in [-0.2, -0.15) is 5.26 Å². The molecule has 0 aliphatic carbocycles. The summed E-state index contributed by atoms with van der Waals surface area (Å²) in [6, 6.07) is 0. The number of nitriles is 1. The molecule has 9 heavy (non-hydrogen) atoms. The first kappa shape index (κ1) is 6.15. The van der Waals surface area contributed by atoms with E-state index in [1.165, 1.54) is 0 Å². The summed E-state index contributed by atoms with van der Waals surface area (Å²) in [5, 5.41) is 8.45. The maximum Gasteiger partial charge on any atom is 0.179 e. The largest absolute Gasteiger partial charge is 0.306 e. The third kappa shape index (κ3) is 1.46. The van der Waals surface area contributed by atoms with Crippen molar-refractivity contribution in [3.63, 3.8) is 0 Å². The number of hydrogen-bond donors (Lipinski definition) is 0. The Labute approximate surface area is 55.4 Å². The minimum Gasteiger partial charge on any atom is -0.306 e. The van der Waals surface area contributed by atoms with Crippen molar-refractivity contribution in [2.75, 3.05) is 13.1 Å². The van der Waals surface area contributed by atoms with Crippen LogP contribution in [0.2, 0.25) is 0 Å². The number of nitrogens with zero attached hydrogens (tertiary/aromatic N) is 2. The van der Waals surface area contributed by atoms with Crippen LogP contribution in [0.15, 0.2) is 12.2 Å². The first-order valence-corrected chi connectivity index (χ1v) is 3.14. The molecular weight excluding hydrogens is 112 g/mol. The van der Waals surface area contributed by atoms with Crippen molar-refractivity contribution < 1.29 is 0 Å². The summed E-state index contributed by atoms with van der Waals surface area (Å²) < 4.78 is 0. The molecule has 1 aliphatic heterocycles. The van der Waals surface area contributed by atoms with Crippen molar-refractivity contribution in [1.29, 1.82) is 5.26 Å². The quantitative estimate of drug-likeness (QED) is 0.353. The lowest BCUT2D eigenvalue weighted by molar-refractivity contribution is 0.374. The number of hydrogen-bond acceptors (Lipinski definition) is 2. The van der Waals surface area contributed by atoms with E-state index in [4.69, 9.17) is 5.26 Å². The van der Waals surface area contributed by atoms with Crippen LogP contribution in [0.5, 0.6) is 0 Å². The summed E-state index contributed by atoms with van der Waals surface area (Å²) >= 11 is 0. The van der Waals surface area contributed by atoms with Gasteiger partial charge >= 0.3 is 0 Å². The zero-order chi connectivity index (χ0) is 6.69. The molecule has 0 N–H and O–H groups in total. The molecule has 1 heterocycles. The predicted octanol–water partition coefficient (Wildman–Crippen LogP) is 0.975. The van der Waals surface area contributed by atoms with Gasteiger partial charge in [-0.3, -0.25) is 0 Å². The summed E-state index contributed by atoms with van der Waals surface area (Å²) in [7, 11) is 0. The molecule has 0 spiro atoms. The fourth-order valence-electron chi connectivity index (χ4n) is 0.985. The van der Waals surface area contributed by atoms with Crippen molar-refractivity contribution in [2.45, 2.75) is 6.92 Å². The van der Waals surface area contributed by atoms with Gasteiger partial charge in [0.15, 0.2) is 6.19 Å². The topological polar surface area (TPSA) is 27.0 Å². The van der Waals surface area contributed by atoms with Crippen LogP contribution in [0.3, 0.4) is 0 Å². The molecule has 2 nitrogen and oxygen atoms in total. The second kappa shape index (κ2) is 2.54. The Morgan fingerprint density at radius 3 is 3.00 bits per heavy atom. The van der Waals surface area contributed by atoms with Crippen LogP contribution < -0.4 is 0 Å². The molecular formula is C7H10N2. The van der Waals surface area contributed by atoms with Crippen LogP contribution in [0.4, 0.5) is 0 Å². The van der Waals surface area contributed by atoms with E-state index in [-0.39, 0.29) is 0 Å². The zero-order valence-electron chi connectivity index (χ0n) is 5.54. The smallest absolute Gasteiger partial charge is 0.179 e. The van der Waals surface area contributed by atoms with Gasteiger partial charge in [0, 0.05) is 13.1 Å². The summed E-state index contributed by atoms with van der Waals surface area (Å²) in [6.45, 7) is 3.79. The standard InChI is InChI=1S/C7H10N2/c1-7-3-2-4-9(5-7)6-8/h2-3,7H,4-5H2,1H3/t7-/m1/s1. The van der Waals surface area contributed by atoms with Gasteiger partial charge in [-0.25, -0.2) is 0 Å². The van der Waals surface area contributed by atoms with E-state index in [0.717, 1.165) is 13.1 Å². The molecule has 1 aliphatic rings. The van der Waals surface area contributed by atoms with E-state index >= 15 is 0 Å². The Morgan fingerprint density at radius 2 is 2.56 bits per heavy atom. The Morgan fingerprint density at radius 1 is 1.78 bits per heavy atom. The lowest BCUT2D eigenvalue weighted by atomic mass is 10.1. The van der Waals surface area contributed by atoms with Crippen molar-refractivity contribution in [3.8, 4) is 6.19 Å².